The number of rotatable bonds is 3. The number of nitrogens with one attached hydrogen (secondary N) is 1. The lowest BCUT2D eigenvalue weighted by molar-refractivity contribution is 1.13. The fourth-order valence-electron chi connectivity index (χ4n) is 2.31. The van der Waals surface area contributed by atoms with Gasteiger partial charge in [-0.1, -0.05) is 35.9 Å². The molecule has 21 heavy (non-hydrogen) atoms. The summed E-state index contributed by atoms with van der Waals surface area (Å²) in [6.45, 7) is 4.90. The molecule has 0 bridgehead atoms. The molecule has 3 heteroatoms. The topological polar surface area (TPSA) is 24.9 Å². The number of hydrogen-bond acceptors (Lipinski definition) is 2. The molecule has 0 saturated carbocycles. The number of fused-ring (bicyclic) bond motifs is 1. The number of nitrogens with zero attached hydrogens (tertiary/aromatic N) is 1. The molecule has 0 radical (unpaired) electrons. The molecule has 1 heterocycles. The minimum Gasteiger partial charge on any atom is -0.381 e. The standard InChI is InChI=1S/C18H17ClN2/c1-12-7-8-16(9-13(12)2)20-11-15-10-14-5-3-4-6-17(14)21-18(15)19/h3-10,20H,11H2,1-2H3. The van der Waals surface area contributed by atoms with Gasteiger partial charge in [-0.2, -0.15) is 0 Å². The van der Waals surface area contributed by atoms with Crippen molar-refractivity contribution in [3.05, 3.63) is 70.4 Å². The second-order valence-corrected chi connectivity index (χ2v) is 5.64. The average molecular weight is 297 g/mol. The van der Waals surface area contributed by atoms with Gasteiger partial charge in [-0.25, -0.2) is 4.98 Å². The van der Waals surface area contributed by atoms with Crippen molar-refractivity contribution in [2.45, 2.75) is 20.4 Å². The molecule has 0 aliphatic rings. The highest BCUT2D eigenvalue weighted by molar-refractivity contribution is 6.30. The molecule has 106 valence electrons. The first-order chi connectivity index (χ1) is 10.1. The number of benzene rings is 2. The molecule has 0 aliphatic heterocycles. The Kier molecular flexibility index (Phi) is 3.80. The van der Waals surface area contributed by atoms with Crippen LogP contribution in [0.15, 0.2) is 48.5 Å². The van der Waals surface area contributed by atoms with Crippen molar-refractivity contribution in [2.24, 2.45) is 0 Å². The van der Waals surface area contributed by atoms with Gasteiger partial charge < -0.3 is 5.32 Å². The summed E-state index contributed by atoms with van der Waals surface area (Å²) >= 11 is 6.27. The third-order valence-corrected chi connectivity index (χ3v) is 4.07. The molecule has 0 amide bonds. The maximum Gasteiger partial charge on any atom is 0.134 e. The molecule has 1 aromatic heterocycles. The Balaban J connectivity index is 1.84. The summed E-state index contributed by atoms with van der Waals surface area (Å²) in [5.41, 5.74) is 5.61. The van der Waals surface area contributed by atoms with Crippen LogP contribution in [0.25, 0.3) is 10.9 Å². The predicted molar refractivity (Wildman–Crippen MR) is 90.0 cm³/mol. The highest BCUT2D eigenvalue weighted by Gasteiger charge is 2.05. The van der Waals surface area contributed by atoms with E-state index >= 15 is 0 Å². The monoisotopic (exact) mass is 296 g/mol. The minimum atomic E-state index is 0.560. The van der Waals surface area contributed by atoms with Crippen LogP contribution in [0.2, 0.25) is 5.15 Å². The van der Waals surface area contributed by atoms with E-state index in [4.69, 9.17) is 11.6 Å². The summed E-state index contributed by atoms with van der Waals surface area (Å²) in [5, 5.41) is 5.08. The van der Waals surface area contributed by atoms with Gasteiger partial charge in [0, 0.05) is 23.2 Å². The zero-order chi connectivity index (χ0) is 14.8. The van der Waals surface area contributed by atoms with Crippen LogP contribution in [0, 0.1) is 13.8 Å². The van der Waals surface area contributed by atoms with Crippen LogP contribution in [0.4, 0.5) is 5.69 Å². The first kappa shape index (κ1) is 13.9. The lowest BCUT2D eigenvalue weighted by Gasteiger charge is -2.10. The molecule has 0 atom stereocenters. The zero-order valence-corrected chi connectivity index (χ0v) is 12.9. The summed E-state index contributed by atoms with van der Waals surface area (Å²) in [5.74, 6) is 0. The summed E-state index contributed by atoms with van der Waals surface area (Å²) in [7, 11) is 0. The number of hydrogen-bond donors (Lipinski definition) is 1. The van der Waals surface area contributed by atoms with Crippen LogP contribution in [0.3, 0.4) is 0 Å². The number of para-hydroxylation sites is 1. The van der Waals surface area contributed by atoms with E-state index in [1.807, 2.05) is 18.2 Å². The van der Waals surface area contributed by atoms with E-state index in [1.54, 1.807) is 0 Å². The van der Waals surface area contributed by atoms with Crippen molar-refractivity contribution in [1.29, 1.82) is 0 Å². The lowest BCUT2D eigenvalue weighted by Crippen LogP contribution is -2.01. The zero-order valence-electron chi connectivity index (χ0n) is 12.2. The van der Waals surface area contributed by atoms with E-state index in [9.17, 15) is 0 Å². The SMILES string of the molecule is Cc1ccc(NCc2cc3ccccc3nc2Cl)cc1C. The highest BCUT2D eigenvalue weighted by atomic mass is 35.5. The molecule has 2 nitrogen and oxygen atoms in total. The van der Waals surface area contributed by atoms with E-state index in [2.05, 4.69) is 54.5 Å². The van der Waals surface area contributed by atoms with Crippen molar-refractivity contribution in [1.82, 2.24) is 4.98 Å². The lowest BCUT2D eigenvalue weighted by atomic mass is 10.1. The average Bonchev–Trinajstić information content (AvgIpc) is 2.48. The Bertz CT molecular complexity index is 796. The fraction of sp³-hybridized carbons (Fsp3) is 0.167. The van der Waals surface area contributed by atoms with Gasteiger partial charge >= 0.3 is 0 Å². The first-order valence-corrected chi connectivity index (χ1v) is 7.36. The first-order valence-electron chi connectivity index (χ1n) is 6.99. The second kappa shape index (κ2) is 5.74. The van der Waals surface area contributed by atoms with Crippen molar-refractivity contribution in [3.8, 4) is 0 Å². The van der Waals surface area contributed by atoms with E-state index < -0.39 is 0 Å². The Morgan fingerprint density at radius 1 is 1.00 bits per heavy atom. The largest absolute Gasteiger partial charge is 0.381 e. The Labute approximate surface area is 129 Å². The van der Waals surface area contributed by atoms with Crippen LogP contribution in [-0.4, -0.2) is 4.98 Å². The number of anilines is 1. The van der Waals surface area contributed by atoms with Crippen LogP contribution in [-0.2, 0) is 6.54 Å². The maximum absolute atomic E-state index is 6.27. The smallest absolute Gasteiger partial charge is 0.134 e. The molecule has 0 saturated heterocycles. The molecular formula is C18H17ClN2. The number of aryl methyl sites for hydroxylation is 2. The van der Waals surface area contributed by atoms with Crippen LogP contribution in [0.1, 0.15) is 16.7 Å². The number of pyridine rings is 1. The quantitative estimate of drug-likeness (QED) is 0.679. The molecule has 0 spiro atoms. The van der Waals surface area contributed by atoms with Crippen molar-refractivity contribution in [2.75, 3.05) is 5.32 Å². The van der Waals surface area contributed by atoms with Gasteiger partial charge in [0.05, 0.1) is 5.52 Å². The molecule has 1 N–H and O–H groups in total. The third-order valence-electron chi connectivity index (χ3n) is 3.74. The summed E-state index contributed by atoms with van der Waals surface area (Å²) in [6, 6.07) is 16.5. The Hall–Kier alpha value is -2.06. The van der Waals surface area contributed by atoms with Gasteiger partial charge in [0.1, 0.15) is 5.15 Å². The van der Waals surface area contributed by atoms with Gasteiger partial charge in [0.2, 0.25) is 0 Å². The van der Waals surface area contributed by atoms with Crippen molar-refractivity contribution in [3.63, 3.8) is 0 Å². The van der Waals surface area contributed by atoms with Gasteiger partial charge in [-0.05, 0) is 49.2 Å². The van der Waals surface area contributed by atoms with E-state index in [0.717, 1.165) is 22.2 Å². The van der Waals surface area contributed by atoms with E-state index in [0.29, 0.717) is 11.7 Å². The van der Waals surface area contributed by atoms with Crippen LogP contribution >= 0.6 is 11.6 Å². The fourth-order valence-corrected chi connectivity index (χ4v) is 2.52. The molecule has 3 rings (SSSR count). The van der Waals surface area contributed by atoms with Crippen molar-refractivity contribution < 1.29 is 0 Å². The Morgan fingerprint density at radius 2 is 1.81 bits per heavy atom. The molecule has 0 fully saturated rings. The number of aromatic nitrogens is 1. The summed E-state index contributed by atoms with van der Waals surface area (Å²) < 4.78 is 0. The summed E-state index contributed by atoms with van der Waals surface area (Å²) in [4.78, 5) is 4.44. The van der Waals surface area contributed by atoms with Crippen LogP contribution in [0.5, 0.6) is 0 Å². The van der Waals surface area contributed by atoms with Crippen molar-refractivity contribution >= 4 is 28.2 Å². The Morgan fingerprint density at radius 3 is 2.62 bits per heavy atom. The summed E-state index contributed by atoms with van der Waals surface area (Å²) in [6.07, 6.45) is 0. The highest BCUT2D eigenvalue weighted by Crippen LogP contribution is 2.22. The molecular weight excluding hydrogens is 280 g/mol. The van der Waals surface area contributed by atoms with Gasteiger partial charge in [0.25, 0.3) is 0 Å². The molecule has 0 aliphatic carbocycles. The molecule has 3 aromatic rings. The normalized spacial score (nSPS) is 10.8. The van der Waals surface area contributed by atoms with Crippen LogP contribution < -0.4 is 5.32 Å². The second-order valence-electron chi connectivity index (χ2n) is 5.28. The maximum atomic E-state index is 6.27. The van der Waals surface area contributed by atoms with Gasteiger partial charge in [-0.3, -0.25) is 0 Å². The third kappa shape index (κ3) is 3.01. The van der Waals surface area contributed by atoms with E-state index in [1.165, 1.54) is 11.1 Å². The molecule has 2 aromatic carbocycles. The van der Waals surface area contributed by atoms with Gasteiger partial charge in [0.15, 0.2) is 0 Å². The van der Waals surface area contributed by atoms with Gasteiger partial charge in [-0.15, -0.1) is 0 Å². The predicted octanol–water partition coefficient (Wildman–Crippen LogP) is 5.12. The molecule has 0 unspecified atom stereocenters. The van der Waals surface area contributed by atoms with E-state index in [-0.39, 0.29) is 0 Å². The number of halogens is 1. The minimum absolute atomic E-state index is 0.560.